The lowest BCUT2D eigenvalue weighted by Crippen LogP contribution is -2.37. The fraction of sp³-hybridized carbons (Fsp3) is 0.917. The second-order valence-corrected chi connectivity index (χ2v) is 4.56. The maximum absolute atomic E-state index is 11.5. The summed E-state index contributed by atoms with van der Waals surface area (Å²) in [6, 6.07) is 0.275. The highest BCUT2D eigenvalue weighted by Crippen LogP contribution is 2.05. The van der Waals surface area contributed by atoms with Crippen LogP contribution in [0.2, 0.25) is 0 Å². The maximum atomic E-state index is 11.5. The van der Waals surface area contributed by atoms with Gasteiger partial charge in [0.25, 0.3) is 0 Å². The van der Waals surface area contributed by atoms with Crippen molar-refractivity contribution in [1.82, 2.24) is 15.5 Å². The van der Waals surface area contributed by atoms with E-state index in [1.807, 2.05) is 6.92 Å². The van der Waals surface area contributed by atoms with Crippen LogP contribution in [-0.2, 0) is 4.79 Å². The van der Waals surface area contributed by atoms with Gasteiger partial charge in [-0.25, -0.2) is 0 Å². The van der Waals surface area contributed by atoms with Gasteiger partial charge in [0, 0.05) is 25.6 Å². The SMILES string of the molecule is CCNC(C)CC(=O)NCCN1CCCC1. The number of carbonyl (C=O) groups is 1. The van der Waals surface area contributed by atoms with Gasteiger partial charge in [0.05, 0.1) is 0 Å². The second-order valence-electron chi connectivity index (χ2n) is 4.56. The minimum Gasteiger partial charge on any atom is -0.355 e. The fourth-order valence-corrected chi connectivity index (χ4v) is 2.13. The van der Waals surface area contributed by atoms with E-state index in [-0.39, 0.29) is 11.9 Å². The van der Waals surface area contributed by atoms with Crippen molar-refractivity contribution in [1.29, 1.82) is 0 Å². The summed E-state index contributed by atoms with van der Waals surface area (Å²) in [6.07, 6.45) is 3.20. The highest BCUT2D eigenvalue weighted by atomic mass is 16.1. The zero-order chi connectivity index (χ0) is 11.8. The topological polar surface area (TPSA) is 44.4 Å². The average Bonchev–Trinajstić information content (AvgIpc) is 2.70. The van der Waals surface area contributed by atoms with Crippen molar-refractivity contribution in [3.63, 3.8) is 0 Å². The van der Waals surface area contributed by atoms with Gasteiger partial charge in [0.2, 0.25) is 5.91 Å². The van der Waals surface area contributed by atoms with E-state index in [0.29, 0.717) is 6.42 Å². The summed E-state index contributed by atoms with van der Waals surface area (Å²) in [7, 11) is 0. The van der Waals surface area contributed by atoms with Crippen molar-refractivity contribution < 1.29 is 4.79 Å². The molecule has 94 valence electrons. The molecule has 0 spiro atoms. The highest BCUT2D eigenvalue weighted by molar-refractivity contribution is 5.76. The minimum atomic E-state index is 0.160. The summed E-state index contributed by atoms with van der Waals surface area (Å²) in [4.78, 5) is 13.9. The predicted octanol–water partition coefficient (Wildman–Crippen LogP) is 0.587. The van der Waals surface area contributed by atoms with Gasteiger partial charge in [-0.05, 0) is 39.4 Å². The molecule has 1 aliphatic heterocycles. The van der Waals surface area contributed by atoms with E-state index in [2.05, 4.69) is 22.5 Å². The summed E-state index contributed by atoms with van der Waals surface area (Å²) in [5.74, 6) is 0.160. The van der Waals surface area contributed by atoms with Gasteiger partial charge in [0.15, 0.2) is 0 Å². The molecule has 1 unspecified atom stereocenters. The Hall–Kier alpha value is -0.610. The van der Waals surface area contributed by atoms with Crippen LogP contribution in [0.5, 0.6) is 0 Å². The van der Waals surface area contributed by atoms with Gasteiger partial charge in [-0.1, -0.05) is 6.92 Å². The molecule has 0 aromatic heterocycles. The van der Waals surface area contributed by atoms with E-state index in [0.717, 1.165) is 19.6 Å². The van der Waals surface area contributed by atoms with Crippen molar-refractivity contribution in [3.05, 3.63) is 0 Å². The molecule has 1 amide bonds. The molecule has 2 N–H and O–H groups in total. The van der Waals surface area contributed by atoms with E-state index in [1.165, 1.54) is 25.9 Å². The summed E-state index contributed by atoms with van der Waals surface area (Å²) >= 11 is 0. The third-order valence-electron chi connectivity index (χ3n) is 2.99. The van der Waals surface area contributed by atoms with Crippen molar-refractivity contribution in [2.24, 2.45) is 0 Å². The Morgan fingerprint density at radius 3 is 2.69 bits per heavy atom. The monoisotopic (exact) mass is 227 g/mol. The maximum Gasteiger partial charge on any atom is 0.221 e. The van der Waals surface area contributed by atoms with Gasteiger partial charge < -0.3 is 15.5 Å². The van der Waals surface area contributed by atoms with Crippen LogP contribution in [0, 0.1) is 0 Å². The van der Waals surface area contributed by atoms with Gasteiger partial charge in [-0.3, -0.25) is 4.79 Å². The zero-order valence-electron chi connectivity index (χ0n) is 10.6. The first-order valence-corrected chi connectivity index (χ1v) is 6.44. The summed E-state index contributed by atoms with van der Waals surface area (Å²) in [6.45, 7) is 9.21. The number of hydrogen-bond acceptors (Lipinski definition) is 3. The number of rotatable bonds is 7. The van der Waals surface area contributed by atoms with Crippen LogP contribution in [0.25, 0.3) is 0 Å². The fourth-order valence-electron chi connectivity index (χ4n) is 2.13. The van der Waals surface area contributed by atoms with Crippen molar-refractivity contribution >= 4 is 5.91 Å². The smallest absolute Gasteiger partial charge is 0.221 e. The Morgan fingerprint density at radius 1 is 1.38 bits per heavy atom. The van der Waals surface area contributed by atoms with Crippen LogP contribution < -0.4 is 10.6 Å². The van der Waals surface area contributed by atoms with E-state index < -0.39 is 0 Å². The van der Waals surface area contributed by atoms with Crippen LogP contribution in [-0.4, -0.2) is 49.6 Å². The number of hydrogen-bond donors (Lipinski definition) is 2. The molecule has 1 atom stereocenters. The molecule has 4 nitrogen and oxygen atoms in total. The molecule has 16 heavy (non-hydrogen) atoms. The number of nitrogens with one attached hydrogen (secondary N) is 2. The van der Waals surface area contributed by atoms with Crippen LogP contribution in [0.3, 0.4) is 0 Å². The highest BCUT2D eigenvalue weighted by Gasteiger charge is 2.11. The third-order valence-corrected chi connectivity index (χ3v) is 2.99. The second kappa shape index (κ2) is 7.63. The normalized spacial score (nSPS) is 18.6. The Balaban J connectivity index is 2.01. The van der Waals surface area contributed by atoms with E-state index in [4.69, 9.17) is 0 Å². The summed E-state index contributed by atoms with van der Waals surface area (Å²) in [5.41, 5.74) is 0. The van der Waals surface area contributed by atoms with Crippen LogP contribution in [0.15, 0.2) is 0 Å². The first-order chi connectivity index (χ1) is 7.72. The molecular formula is C12H25N3O. The number of nitrogens with zero attached hydrogens (tertiary/aromatic N) is 1. The molecule has 1 rings (SSSR count). The lowest BCUT2D eigenvalue weighted by molar-refractivity contribution is -0.121. The molecule has 1 fully saturated rings. The molecule has 1 heterocycles. The molecule has 1 aliphatic rings. The van der Waals surface area contributed by atoms with Crippen molar-refractivity contribution in [2.75, 3.05) is 32.7 Å². The van der Waals surface area contributed by atoms with E-state index in [9.17, 15) is 4.79 Å². The van der Waals surface area contributed by atoms with Crippen LogP contribution in [0.4, 0.5) is 0 Å². The number of amides is 1. The molecular weight excluding hydrogens is 202 g/mol. The Kier molecular flexibility index (Phi) is 6.42. The number of likely N-dealkylation sites (tertiary alicyclic amines) is 1. The third kappa shape index (κ3) is 5.47. The first-order valence-electron chi connectivity index (χ1n) is 6.44. The Morgan fingerprint density at radius 2 is 2.06 bits per heavy atom. The standard InChI is InChI=1S/C12H25N3O/c1-3-13-11(2)10-12(16)14-6-9-15-7-4-5-8-15/h11,13H,3-10H2,1-2H3,(H,14,16). The zero-order valence-corrected chi connectivity index (χ0v) is 10.6. The molecule has 4 heteroatoms. The van der Waals surface area contributed by atoms with E-state index in [1.54, 1.807) is 0 Å². The van der Waals surface area contributed by atoms with Crippen LogP contribution >= 0.6 is 0 Å². The average molecular weight is 227 g/mol. The molecule has 0 bridgehead atoms. The Bertz CT molecular complexity index is 202. The first kappa shape index (κ1) is 13.5. The van der Waals surface area contributed by atoms with Gasteiger partial charge in [0.1, 0.15) is 0 Å². The molecule has 0 radical (unpaired) electrons. The summed E-state index contributed by atoms with van der Waals surface area (Å²) in [5, 5.41) is 6.21. The van der Waals surface area contributed by atoms with Crippen molar-refractivity contribution in [3.8, 4) is 0 Å². The van der Waals surface area contributed by atoms with Gasteiger partial charge >= 0.3 is 0 Å². The van der Waals surface area contributed by atoms with Gasteiger partial charge in [-0.15, -0.1) is 0 Å². The largest absolute Gasteiger partial charge is 0.355 e. The molecule has 0 aromatic carbocycles. The molecule has 1 saturated heterocycles. The lowest BCUT2D eigenvalue weighted by atomic mass is 10.2. The predicted molar refractivity (Wildman–Crippen MR) is 66.4 cm³/mol. The number of carbonyl (C=O) groups excluding carboxylic acids is 1. The lowest BCUT2D eigenvalue weighted by Gasteiger charge is -2.16. The molecule has 0 saturated carbocycles. The quantitative estimate of drug-likeness (QED) is 0.669. The van der Waals surface area contributed by atoms with E-state index >= 15 is 0 Å². The van der Waals surface area contributed by atoms with Crippen molar-refractivity contribution in [2.45, 2.75) is 39.2 Å². The minimum absolute atomic E-state index is 0.160. The van der Waals surface area contributed by atoms with Crippen LogP contribution in [0.1, 0.15) is 33.1 Å². The molecule has 0 aliphatic carbocycles. The van der Waals surface area contributed by atoms with Gasteiger partial charge in [-0.2, -0.15) is 0 Å². The molecule has 0 aromatic rings. The Labute approximate surface area is 98.8 Å². The summed E-state index contributed by atoms with van der Waals surface area (Å²) < 4.78 is 0.